The van der Waals surface area contributed by atoms with Gasteiger partial charge in [0, 0.05) is 13.1 Å². The highest BCUT2D eigenvalue weighted by Crippen LogP contribution is 2.27. The fraction of sp³-hybridized carbons (Fsp3) is 0.375. The van der Waals surface area contributed by atoms with Crippen LogP contribution < -0.4 is 10.1 Å². The van der Waals surface area contributed by atoms with Crippen LogP contribution in [0.3, 0.4) is 0 Å². The highest BCUT2D eigenvalue weighted by Gasteiger charge is 2.14. The number of fused-ring (bicyclic) bond motifs is 1. The van der Waals surface area contributed by atoms with E-state index in [1.54, 1.807) is 0 Å². The number of benzene rings is 2. The quantitative estimate of drug-likeness (QED) is 0.525. The van der Waals surface area contributed by atoms with E-state index in [0.29, 0.717) is 0 Å². The zero-order valence-corrected chi connectivity index (χ0v) is 17.8. The minimum Gasteiger partial charge on any atom is -0.488 e. The lowest BCUT2D eigenvalue weighted by atomic mass is 10.1. The molecule has 0 spiro atoms. The SMILES string of the molecule is C=C(NCCc1ccccc1)n1cnc2c(OC(CC)CCN(C)C)cccc21. The lowest BCUT2D eigenvalue weighted by Crippen LogP contribution is -2.23. The largest absolute Gasteiger partial charge is 0.488 e. The molecule has 0 aliphatic carbocycles. The topological polar surface area (TPSA) is 42.3 Å². The molecule has 0 aliphatic rings. The first-order chi connectivity index (χ1) is 14.1. The molecule has 0 fully saturated rings. The van der Waals surface area contributed by atoms with Crippen LogP contribution in [-0.4, -0.2) is 47.7 Å². The average molecular weight is 393 g/mol. The zero-order valence-electron chi connectivity index (χ0n) is 17.8. The molecule has 2 aromatic carbocycles. The summed E-state index contributed by atoms with van der Waals surface area (Å²) in [6.45, 7) is 8.19. The first-order valence-corrected chi connectivity index (χ1v) is 10.3. The summed E-state index contributed by atoms with van der Waals surface area (Å²) in [6.07, 6.45) is 4.91. The summed E-state index contributed by atoms with van der Waals surface area (Å²) in [5.74, 6) is 1.66. The Hall–Kier alpha value is -2.79. The van der Waals surface area contributed by atoms with Gasteiger partial charge in [0.05, 0.1) is 11.6 Å². The molecule has 0 saturated heterocycles. The van der Waals surface area contributed by atoms with Gasteiger partial charge in [-0.25, -0.2) is 4.98 Å². The molecular weight excluding hydrogens is 360 g/mol. The number of hydrogen-bond acceptors (Lipinski definition) is 4. The van der Waals surface area contributed by atoms with Crippen LogP contribution in [0.5, 0.6) is 5.75 Å². The monoisotopic (exact) mass is 392 g/mol. The van der Waals surface area contributed by atoms with Crippen LogP contribution in [0.2, 0.25) is 0 Å². The van der Waals surface area contributed by atoms with E-state index in [1.807, 2.05) is 29.1 Å². The fourth-order valence-electron chi connectivity index (χ4n) is 3.33. The molecule has 3 rings (SSSR count). The molecule has 0 amide bonds. The number of aromatic nitrogens is 2. The third-order valence-corrected chi connectivity index (χ3v) is 5.06. The molecule has 0 bridgehead atoms. The molecule has 1 atom stereocenters. The van der Waals surface area contributed by atoms with Gasteiger partial charge in [0.2, 0.25) is 0 Å². The van der Waals surface area contributed by atoms with E-state index in [-0.39, 0.29) is 6.10 Å². The lowest BCUT2D eigenvalue weighted by Gasteiger charge is -2.20. The molecule has 0 radical (unpaired) electrons. The van der Waals surface area contributed by atoms with Crippen LogP contribution >= 0.6 is 0 Å². The van der Waals surface area contributed by atoms with Crippen LogP contribution in [0.1, 0.15) is 25.3 Å². The van der Waals surface area contributed by atoms with Gasteiger partial charge in [0.25, 0.3) is 0 Å². The van der Waals surface area contributed by atoms with Gasteiger partial charge in [-0.15, -0.1) is 0 Å². The first kappa shape index (κ1) is 20.9. The Balaban J connectivity index is 1.67. The summed E-state index contributed by atoms with van der Waals surface area (Å²) in [5, 5.41) is 3.41. The number of ether oxygens (including phenoxy) is 1. The van der Waals surface area contributed by atoms with E-state index in [1.165, 1.54) is 5.56 Å². The predicted molar refractivity (Wildman–Crippen MR) is 121 cm³/mol. The van der Waals surface area contributed by atoms with E-state index in [4.69, 9.17) is 4.74 Å². The Morgan fingerprint density at radius 2 is 1.97 bits per heavy atom. The van der Waals surface area contributed by atoms with Crippen LogP contribution in [0.25, 0.3) is 16.9 Å². The van der Waals surface area contributed by atoms with Gasteiger partial charge < -0.3 is 15.0 Å². The smallest absolute Gasteiger partial charge is 0.147 e. The standard InChI is InChI=1S/C24H32N4O/c1-5-21(15-17-27(3)4)29-23-13-9-12-22-24(23)26-18-28(22)19(2)25-16-14-20-10-7-6-8-11-20/h6-13,18,21,25H,2,5,14-17H2,1,3-4H3. The lowest BCUT2D eigenvalue weighted by molar-refractivity contribution is 0.174. The van der Waals surface area contributed by atoms with Crippen molar-refractivity contribution in [2.75, 3.05) is 27.2 Å². The number of hydrogen-bond donors (Lipinski definition) is 1. The second-order valence-electron chi connectivity index (χ2n) is 7.59. The Labute approximate surface area is 174 Å². The van der Waals surface area contributed by atoms with Crippen LogP contribution in [0.15, 0.2) is 61.4 Å². The summed E-state index contributed by atoms with van der Waals surface area (Å²) in [4.78, 5) is 6.80. The van der Waals surface area contributed by atoms with Gasteiger partial charge in [-0.1, -0.05) is 49.9 Å². The predicted octanol–water partition coefficient (Wildman–Crippen LogP) is 4.41. The number of nitrogens with zero attached hydrogens (tertiary/aromatic N) is 3. The number of para-hydroxylation sites is 1. The zero-order chi connectivity index (χ0) is 20.6. The highest BCUT2D eigenvalue weighted by atomic mass is 16.5. The average Bonchev–Trinajstić information content (AvgIpc) is 3.17. The molecule has 0 saturated carbocycles. The van der Waals surface area contributed by atoms with Gasteiger partial charge in [0.1, 0.15) is 23.4 Å². The minimum absolute atomic E-state index is 0.181. The summed E-state index contributed by atoms with van der Waals surface area (Å²) < 4.78 is 8.30. The summed E-state index contributed by atoms with van der Waals surface area (Å²) in [7, 11) is 4.18. The molecule has 5 nitrogen and oxygen atoms in total. The van der Waals surface area contributed by atoms with E-state index < -0.39 is 0 Å². The molecule has 1 aromatic heterocycles. The van der Waals surface area contributed by atoms with Crippen molar-refractivity contribution in [3.8, 4) is 5.75 Å². The van der Waals surface area contributed by atoms with Crippen molar-refractivity contribution in [2.45, 2.75) is 32.3 Å². The van der Waals surface area contributed by atoms with Crippen LogP contribution in [-0.2, 0) is 6.42 Å². The maximum atomic E-state index is 6.31. The molecule has 1 N–H and O–H groups in total. The van der Waals surface area contributed by atoms with Crippen molar-refractivity contribution in [2.24, 2.45) is 0 Å². The summed E-state index contributed by atoms with van der Waals surface area (Å²) in [6, 6.07) is 16.5. The van der Waals surface area contributed by atoms with Gasteiger partial charge in [0.15, 0.2) is 0 Å². The second kappa shape index (κ2) is 10.1. The summed E-state index contributed by atoms with van der Waals surface area (Å²) >= 11 is 0. The Morgan fingerprint density at radius 3 is 2.69 bits per heavy atom. The van der Waals surface area contributed by atoms with Crippen molar-refractivity contribution >= 4 is 16.9 Å². The van der Waals surface area contributed by atoms with Crippen LogP contribution in [0, 0.1) is 0 Å². The first-order valence-electron chi connectivity index (χ1n) is 10.3. The number of nitrogens with one attached hydrogen (secondary N) is 1. The van der Waals surface area contributed by atoms with Gasteiger partial charge in [-0.05, 0) is 51.1 Å². The van der Waals surface area contributed by atoms with Gasteiger partial charge in [-0.2, -0.15) is 0 Å². The Bertz CT molecular complexity index is 917. The second-order valence-corrected chi connectivity index (χ2v) is 7.59. The number of rotatable bonds is 11. The third kappa shape index (κ3) is 5.61. The van der Waals surface area contributed by atoms with Crippen molar-refractivity contribution < 1.29 is 4.74 Å². The maximum absolute atomic E-state index is 6.31. The molecule has 3 aromatic rings. The molecule has 154 valence electrons. The Morgan fingerprint density at radius 1 is 1.17 bits per heavy atom. The molecule has 0 aliphatic heterocycles. The van der Waals surface area contributed by atoms with Crippen LogP contribution in [0.4, 0.5) is 0 Å². The van der Waals surface area contributed by atoms with E-state index in [9.17, 15) is 0 Å². The molecule has 1 heterocycles. The fourth-order valence-corrected chi connectivity index (χ4v) is 3.33. The molecule has 5 heteroatoms. The Kier molecular flexibility index (Phi) is 7.30. The summed E-state index contributed by atoms with van der Waals surface area (Å²) in [5.41, 5.74) is 3.19. The van der Waals surface area contributed by atoms with Gasteiger partial charge >= 0.3 is 0 Å². The van der Waals surface area contributed by atoms with E-state index in [0.717, 1.165) is 55.0 Å². The van der Waals surface area contributed by atoms with Crippen molar-refractivity contribution in [1.82, 2.24) is 19.8 Å². The third-order valence-electron chi connectivity index (χ3n) is 5.06. The van der Waals surface area contributed by atoms with Crippen molar-refractivity contribution in [3.05, 3.63) is 67.0 Å². The minimum atomic E-state index is 0.181. The van der Waals surface area contributed by atoms with Gasteiger partial charge in [-0.3, -0.25) is 4.57 Å². The molecule has 29 heavy (non-hydrogen) atoms. The normalized spacial score (nSPS) is 12.3. The molecular formula is C24H32N4O. The van der Waals surface area contributed by atoms with Crippen molar-refractivity contribution in [1.29, 1.82) is 0 Å². The van der Waals surface area contributed by atoms with Crippen molar-refractivity contribution in [3.63, 3.8) is 0 Å². The molecule has 1 unspecified atom stereocenters. The van der Waals surface area contributed by atoms with E-state index in [2.05, 4.69) is 73.1 Å². The highest BCUT2D eigenvalue weighted by molar-refractivity contribution is 5.84. The maximum Gasteiger partial charge on any atom is 0.147 e. The number of imidazole rings is 1. The van der Waals surface area contributed by atoms with E-state index >= 15 is 0 Å².